The number of rotatable bonds is 5. The highest BCUT2D eigenvalue weighted by Crippen LogP contribution is 1.96. The summed E-state index contributed by atoms with van der Waals surface area (Å²) in [4.78, 5) is 0. The van der Waals surface area contributed by atoms with E-state index in [-0.39, 0.29) is 0 Å². The maximum atomic E-state index is 5.16. The summed E-state index contributed by atoms with van der Waals surface area (Å²) in [5.74, 6) is 0.696. The maximum Gasteiger partial charge on any atom is 0.112 e. The molecule has 10 heavy (non-hydrogen) atoms. The Morgan fingerprint density at radius 2 is 2.30 bits per heavy atom. The minimum atomic E-state index is 0.696. The standard InChI is InChI=1S/C9H14O/c1-4-6-7-9(3)10-8-5-2/h4,6-7H,1,3,5,8H2,2H3/b7-6-. The minimum absolute atomic E-state index is 0.696. The molecule has 0 saturated heterocycles. The number of ether oxygens (including phenoxy) is 1. The predicted octanol–water partition coefficient (Wildman–Crippen LogP) is 2.67. The van der Waals surface area contributed by atoms with E-state index in [2.05, 4.69) is 20.1 Å². The van der Waals surface area contributed by atoms with Crippen molar-refractivity contribution in [3.63, 3.8) is 0 Å². The molecule has 0 unspecified atom stereocenters. The Morgan fingerprint density at radius 3 is 2.80 bits per heavy atom. The van der Waals surface area contributed by atoms with Gasteiger partial charge in [-0.05, 0) is 12.5 Å². The van der Waals surface area contributed by atoms with Crippen LogP contribution in [0, 0.1) is 0 Å². The smallest absolute Gasteiger partial charge is 0.112 e. The number of allylic oxidation sites excluding steroid dienone is 3. The molecular weight excluding hydrogens is 124 g/mol. The minimum Gasteiger partial charge on any atom is -0.494 e. The summed E-state index contributed by atoms with van der Waals surface area (Å²) in [6.45, 7) is 10.00. The first kappa shape index (κ1) is 9.02. The van der Waals surface area contributed by atoms with Crippen molar-refractivity contribution < 1.29 is 4.74 Å². The van der Waals surface area contributed by atoms with Crippen LogP contribution in [0.25, 0.3) is 0 Å². The molecule has 0 aromatic carbocycles. The monoisotopic (exact) mass is 138 g/mol. The van der Waals surface area contributed by atoms with Crippen LogP contribution in [0.1, 0.15) is 13.3 Å². The molecule has 0 rings (SSSR count). The summed E-state index contributed by atoms with van der Waals surface area (Å²) < 4.78 is 5.16. The second kappa shape index (κ2) is 6.14. The molecule has 56 valence electrons. The fraction of sp³-hybridized carbons (Fsp3) is 0.333. The zero-order chi connectivity index (χ0) is 7.82. The molecule has 0 saturated carbocycles. The van der Waals surface area contributed by atoms with E-state index in [1.54, 1.807) is 18.2 Å². The van der Waals surface area contributed by atoms with Gasteiger partial charge in [0.2, 0.25) is 0 Å². The summed E-state index contributed by atoms with van der Waals surface area (Å²) in [5, 5.41) is 0. The topological polar surface area (TPSA) is 9.23 Å². The van der Waals surface area contributed by atoms with Gasteiger partial charge >= 0.3 is 0 Å². The maximum absolute atomic E-state index is 5.16. The van der Waals surface area contributed by atoms with Gasteiger partial charge in [0.05, 0.1) is 6.61 Å². The Morgan fingerprint density at radius 1 is 1.60 bits per heavy atom. The first-order chi connectivity index (χ1) is 4.81. The highest BCUT2D eigenvalue weighted by molar-refractivity contribution is 5.12. The van der Waals surface area contributed by atoms with E-state index in [0.29, 0.717) is 5.76 Å². The SMILES string of the molecule is C=C/C=C\C(=C)OCCC. The molecule has 0 heterocycles. The molecule has 0 N–H and O–H groups in total. The van der Waals surface area contributed by atoms with Crippen LogP contribution in [0.5, 0.6) is 0 Å². The molecule has 0 amide bonds. The van der Waals surface area contributed by atoms with Gasteiger partial charge in [-0.2, -0.15) is 0 Å². The summed E-state index contributed by atoms with van der Waals surface area (Å²) in [6, 6.07) is 0. The second-order valence-corrected chi connectivity index (χ2v) is 1.91. The Bertz CT molecular complexity index is 134. The third kappa shape index (κ3) is 5.16. The van der Waals surface area contributed by atoms with E-state index >= 15 is 0 Å². The van der Waals surface area contributed by atoms with E-state index in [4.69, 9.17) is 4.74 Å². The average molecular weight is 138 g/mol. The van der Waals surface area contributed by atoms with Crippen molar-refractivity contribution >= 4 is 0 Å². The van der Waals surface area contributed by atoms with Crippen molar-refractivity contribution in [2.45, 2.75) is 13.3 Å². The van der Waals surface area contributed by atoms with Gasteiger partial charge in [0, 0.05) is 0 Å². The quantitative estimate of drug-likeness (QED) is 0.419. The first-order valence-corrected chi connectivity index (χ1v) is 3.42. The molecule has 0 radical (unpaired) electrons. The van der Waals surface area contributed by atoms with Crippen molar-refractivity contribution in [1.82, 2.24) is 0 Å². The van der Waals surface area contributed by atoms with Crippen LogP contribution < -0.4 is 0 Å². The zero-order valence-corrected chi connectivity index (χ0v) is 6.47. The van der Waals surface area contributed by atoms with Crippen LogP contribution in [0.2, 0.25) is 0 Å². The Labute approximate surface area is 62.7 Å². The number of hydrogen-bond acceptors (Lipinski definition) is 1. The molecule has 0 aromatic rings. The molecule has 0 fully saturated rings. The normalized spacial score (nSPS) is 9.70. The third-order valence-electron chi connectivity index (χ3n) is 0.910. The van der Waals surface area contributed by atoms with Crippen LogP contribution in [-0.2, 0) is 4.74 Å². The fourth-order valence-corrected chi connectivity index (χ4v) is 0.457. The van der Waals surface area contributed by atoms with E-state index in [0.717, 1.165) is 13.0 Å². The molecule has 1 heteroatoms. The van der Waals surface area contributed by atoms with Crippen LogP contribution >= 0.6 is 0 Å². The lowest BCUT2D eigenvalue weighted by atomic mass is 10.4. The summed E-state index contributed by atoms with van der Waals surface area (Å²) in [7, 11) is 0. The van der Waals surface area contributed by atoms with Crippen LogP contribution in [0.4, 0.5) is 0 Å². The van der Waals surface area contributed by atoms with Crippen molar-refractivity contribution in [3.05, 3.63) is 37.1 Å². The molecule has 0 aliphatic rings. The largest absolute Gasteiger partial charge is 0.494 e. The van der Waals surface area contributed by atoms with E-state index in [1.807, 2.05) is 0 Å². The molecule has 0 atom stereocenters. The molecule has 1 nitrogen and oxygen atoms in total. The van der Waals surface area contributed by atoms with Gasteiger partial charge in [-0.15, -0.1) is 0 Å². The van der Waals surface area contributed by atoms with Crippen molar-refractivity contribution in [2.75, 3.05) is 6.61 Å². The third-order valence-corrected chi connectivity index (χ3v) is 0.910. The van der Waals surface area contributed by atoms with E-state index in [1.165, 1.54) is 0 Å². The first-order valence-electron chi connectivity index (χ1n) is 3.42. The molecule has 0 aromatic heterocycles. The lowest BCUT2D eigenvalue weighted by Gasteiger charge is -2.01. The second-order valence-electron chi connectivity index (χ2n) is 1.91. The summed E-state index contributed by atoms with van der Waals surface area (Å²) in [6.07, 6.45) is 6.31. The summed E-state index contributed by atoms with van der Waals surface area (Å²) in [5.41, 5.74) is 0. The van der Waals surface area contributed by atoms with E-state index in [9.17, 15) is 0 Å². The van der Waals surface area contributed by atoms with Crippen LogP contribution in [-0.4, -0.2) is 6.61 Å². The van der Waals surface area contributed by atoms with Crippen molar-refractivity contribution in [3.8, 4) is 0 Å². The highest BCUT2D eigenvalue weighted by Gasteiger charge is 1.83. The molecule has 0 bridgehead atoms. The van der Waals surface area contributed by atoms with Crippen LogP contribution in [0.3, 0.4) is 0 Å². The Kier molecular flexibility index (Phi) is 5.54. The van der Waals surface area contributed by atoms with Gasteiger partial charge in [-0.1, -0.05) is 32.2 Å². The van der Waals surface area contributed by atoms with Gasteiger partial charge in [0.25, 0.3) is 0 Å². The lowest BCUT2D eigenvalue weighted by Crippen LogP contribution is -1.88. The highest BCUT2D eigenvalue weighted by atomic mass is 16.5. The van der Waals surface area contributed by atoms with Gasteiger partial charge in [-0.25, -0.2) is 0 Å². The number of hydrogen-bond donors (Lipinski definition) is 0. The molecule has 0 aliphatic heterocycles. The molecule has 0 aliphatic carbocycles. The Balaban J connectivity index is 3.43. The van der Waals surface area contributed by atoms with Crippen molar-refractivity contribution in [1.29, 1.82) is 0 Å². The molecular formula is C9H14O. The van der Waals surface area contributed by atoms with Gasteiger partial charge in [0.1, 0.15) is 5.76 Å². The fourth-order valence-electron chi connectivity index (χ4n) is 0.457. The van der Waals surface area contributed by atoms with Crippen molar-refractivity contribution in [2.24, 2.45) is 0 Å². The predicted molar refractivity (Wildman–Crippen MR) is 44.7 cm³/mol. The van der Waals surface area contributed by atoms with Gasteiger partial charge in [0.15, 0.2) is 0 Å². The van der Waals surface area contributed by atoms with Gasteiger partial charge < -0.3 is 4.74 Å². The molecule has 0 spiro atoms. The summed E-state index contributed by atoms with van der Waals surface area (Å²) >= 11 is 0. The van der Waals surface area contributed by atoms with Gasteiger partial charge in [-0.3, -0.25) is 0 Å². The zero-order valence-electron chi connectivity index (χ0n) is 6.47. The van der Waals surface area contributed by atoms with Crippen LogP contribution in [0.15, 0.2) is 37.1 Å². The lowest BCUT2D eigenvalue weighted by molar-refractivity contribution is 0.226. The Hall–Kier alpha value is -0.980. The van der Waals surface area contributed by atoms with E-state index < -0.39 is 0 Å². The average Bonchev–Trinajstić information content (AvgIpc) is 1.97.